The van der Waals surface area contributed by atoms with Gasteiger partial charge in [-0.3, -0.25) is 14.5 Å². The molecule has 6 nitrogen and oxygen atoms in total. The van der Waals surface area contributed by atoms with Crippen LogP contribution in [0.1, 0.15) is 42.0 Å². The number of carbonyl (C=O) groups is 3. The topological polar surface area (TPSA) is 69.7 Å². The molecule has 2 aliphatic rings. The molecule has 0 aromatic heterocycles. The number of amides is 4. The minimum atomic E-state index is -1.34. The lowest BCUT2D eigenvalue weighted by Gasteiger charge is -2.31. The largest absolute Gasteiger partial charge is 0.341 e. The van der Waals surface area contributed by atoms with E-state index in [0.29, 0.717) is 30.1 Å². The van der Waals surface area contributed by atoms with Crippen LogP contribution in [0, 0.1) is 19.8 Å². The van der Waals surface area contributed by atoms with Crippen LogP contribution >= 0.6 is 0 Å². The first-order chi connectivity index (χ1) is 14.8. The van der Waals surface area contributed by atoms with Crippen molar-refractivity contribution in [3.8, 4) is 0 Å². The van der Waals surface area contributed by atoms with Crippen molar-refractivity contribution in [2.75, 3.05) is 19.6 Å². The molecule has 0 radical (unpaired) electrons. The van der Waals surface area contributed by atoms with Crippen LogP contribution in [0.3, 0.4) is 0 Å². The van der Waals surface area contributed by atoms with E-state index < -0.39 is 17.5 Å². The normalized spacial score (nSPS) is 22.0. The molecule has 0 bridgehead atoms. The molecule has 0 unspecified atom stereocenters. The number of aryl methyl sites for hydroxylation is 2. The van der Waals surface area contributed by atoms with Crippen LogP contribution in [0.5, 0.6) is 0 Å². The van der Waals surface area contributed by atoms with E-state index in [1.807, 2.05) is 62.4 Å². The Morgan fingerprint density at radius 1 is 1.00 bits per heavy atom. The fourth-order valence-electron chi connectivity index (χ4n) is 4.43. The second-order valence-electron chi connectivity index (χ2n) is 8.80. The Labute approximate surface area is 183 Å². The Morgan fingerprint density at radius 3 is 2.32 bits per heavy atom. The van der Waals surface area contributed by atoms with E-state index in [0.717, 1.165) is 28.9 Å². The molecule has 2 aromatic carbocycles. The number of benzene rings is 2. The summed E-state index contributed by atoms with van der Waals surface area (Å²) in [6.45, 7) is 7.27. The maximum absolute atomic E-state index is 13.8. The van der Waals surface area contributed by atoms with Gasteiger partial charge in [-0.25, -0.2) is 4.79 Å². The zero-order valence-corrected chi connectivity index (χ0v) is 18.4. The minimum absolute atomic E-state index is 0.181. The van der Waals surface area contributed by atoms with Crippen LogP contribution in [0.4, 0.5) is 4.79 Å². The highest BCUT2D eigenvalue weighted by molar-refractivity contribution is 6.11. The van der Waals surface area contributed by atoms with Gasteiger partial charge in [0.15, 0.2) is 5.54 Å². The second kappa shape index (κ2) is 8.17. The van der Waals surface area contributed by atoms with Crippen LogP contribution in [0.15, 0.2) is 48.5 Å². The van der Waals surface area contributed by atoms with E-state index in [2.05, 4.69) is 12.2 Å². The number of rotatable bonds is 4. The summed E-state index contributed by atoms with van der Waals surface area (Å²) in [6, 6.07) is 14.5. The highest BCUT2D eigenvalue weighted by Crippen LogP contribution is 2.37. The minimum Gasteiger partial charge on any atom is -0.341 e. The molecule has 0 saturated carbocycles. The highest BCUT2D eigenvalue weighted by Gasteiger charge is 2.54. The molecule has 4 rings (SSSR count). The average Bonchev–Trinajstić information content (AvgIpc) is 3.02. The van der Waals surface area contributed by atoms with Crippen LogP contribution < -0.4 is 5.32 Å². The maximum atomic E-state index is 13.8. The van der Waals surface area contributed by atoms with E-state index in [1.54, 1.807) is 4.90 Å². The monoisotopic (exact) mass is 419 g/mol. The molecule has 4 amide bonds. The number of likely N-dealkylation sites (tertiary alicyclic amines) is 1. The molecule has 31 heavy (non-hydrogen) atoms. The van der Waals surface area contributed by atoms with Gasteiger partial charge >= 0.3 is 6.03 Å². The van der Waals surface area contributed by atoms with Crippen LogP contribution in [0.2, 0.25) is 0 Å². The Bertz CT molecular complexity index is 1010. The zero-order chi connectivity index (χ0) is 22.2. The van der Waals surface area contributed by atoms with Crippen molar-refractivity contribution in [3.63, 3.8) is 0 Å². The summed E-state index contributed by atoms with van der Waals surface area (Å²) in [5.74, 6) is 0.00121. The smallest absolute Gasteiger partial charge is 0.326 e. The van der Waals surface area contributed by atoms with Gasteiger partial charge in [-0.1, -0.05) is 55.5 Å². The first-order valence-electron chi connectivity index (χ1n) is 10.9. The Hall–Kier alpha value is -3.15. The fourth-order valence-corrected chi connectivity index (χ4v) is 4.43. The fraction of sp³-hybridized carbons (Fsp3) is 0.400. The van der Waals surface area contributed by atoms with Gasteiger partial charge in [0.1, 0.15) is 6.54 Å². The van der Waals surface area contributed by atoms with E-state index >= 15 is 0 Å². The molecule has 2 aliphatic heterocycles. The van der Waals surface area contributed by atoms with Gasteiger partial charge in [0.05, 0.1) is 0 Å². The summed E-state index contributed by atoms with van der Waals surface area (Å²) in [7, 11) is 0. The number of urea groups is 1. The first kappa shape index (κ1) is 21.1. The molecular formula is C25H29N3O3. The van der Waals surface area contributed by atoms with E-state index in [9.17, 15) is 14.4 Å². The standard InChI is InChI=1S/C25H29N3O3/c1-17-11-13-27(14-12-17)22(29)16-28-23(30)25(26-24(28)31,20-7-5-4-6-8-20)21-10-9-18(2)19(3)15-21/h4-10,15,17H,11-14,16H2,1-3H3,(H,26,31)/t25-/m1/s1. The van der Waals surface area contributed by atoms with Crippen molar-refractivity contribution >= 4 is 17.8 Å². The number of nitrogens with zero attached hydrogens (tertiary/aromatic N) is 2. The highest BCUT2D eigenvalue weighted by atomic mass is 16.2. The number of nitrogens with one attached hydrogen (secondary N) is 1. The second-order valence-corrected chi connectivity index (χ2v) is 8.80. The average molecular weight is 420 g/mol. The predicted molar refractivity (Wildman–Crippen MR) is 118 cm³/mol. The number of piperidine rings is 1. The van der Waals surface area contributed by atoms with Crippen molar-refractivity contribution in [1.82, 2.24) is 15.1 Å². The molecular weight excluding hydrogens is 390 g/mol. The lowest BCUT2D eigenvalue weighted by Crippen LogP contribution is -2.47. The predicted octanol–water partition coefficient (Wildman–Crippen LogP) is 3.36. The lowest BCUT2D eigenvalue weighted by molar-refractivity contribution is -0.139. The van der Waals surface area contributed by atoms with Crippen molar-refractivity contribution in [3.05, 3.63) is 70.8 Å². The molecule has 2 heterocycles. The Kier molecular flexibility index (Phi) is 5.56. The molecule has 2 saturated heterocycles. The molecule has 162 valence electrons. The Morgan fingerprint density at radius 2 is 1.68 bits per heavy atom. The van der Waals surface area contributed by atoms with Crippen LogP contribution in [-0.2, 0) is 15.1 Å². The quantitative estimate of drug-likeness (QED) is 0.773. The molecule has 0 aliphatic carbocycles. The number of imide groups is 1. The number of hydrogen-bond donors (Lipinski definition) is 1. The van der Waals surface area contributed by atoms with Crippen molar-refractivity contribution < 1.29 is 14.4 Å². The van der Waals surface area contributed by atoms with Gasteiger partial charge in [-0.05, 0) is 54.9 Å². The number of carbonyl (C=O) groups excluding carboxylic acids is 3. The van der Waals surface area contributed by atoms with E-state index in [1.165, 1.54) is 0 Å². The van der Waals surface area contributed by atoms with Gasteiger partial charge in [0, 0.05) is 13.1 Å². The first-order valence-corrected chi connectivity index (χ1v) is 10.9. The lowest BCUT2D eigenvalue weighted by atomic mass is 9.81. The summed E-state index contributed by atoms with van der Waals surface area (Å²) < 4.78 is 0. The molecule has 2 aromatic rings. The van der Waals surface area contributed by atoms with Gasteiger partial charge < -0.3 is 10.2 Å². The maximum Gasteiger partial charge on any atom is 0.326 e. The van der Waals surface area contributed by atoms with Crippen LogP contribution in [-0.4, -0.2) is 47.3 Å². The SMILES string of the molecule is Cc1ccc([C@@]2(c3ccccc3)NC(=O)N(CC(=O)N3CCC(C)CC3)C2=O)cc1C. The summed E-state index contributed by atoms with van der Waals surface area (Å²) in [5, 5.41) is 2.93. The third-order valence-electron chi connectivity index (χ3n) is 6.68. The zero-order valence-electron chi connectivity index (χ0n) is 18.4. The molecule has 1 atom stereocenters. The third kappa shape index (κ3) is 3.71. The molecule has 2 fully saturated rings. The van der Waals surface area contributed by atoms with Gasteiger partial charge in [0.2, 0.25) is 5.91 Å². The van der Waals surface area contributed by atoms with Gasteiger partial charge in [-0.15, -0.1) is 0 Å². The van der Waals surface area contributed by atoms with Crippen molar-refractivity contribution in [2.24, 2.45) is 5.92 Å². The molecule has 1 N–H and O–H groups in total. The summed E-state index contributed by atoms with van der Waals surface area (Å²) in [6.07, 6.45) is 1.89. The molecule has 6 heteroatoms. The summed E-state index contributed by atoms with van der Waals surface area (Å²) in [4.78, 5) is 42.5. The van der Waals surface area contributed by atoms with Gasteiger partial charge in [-0.2, -0.15) is 0 Å². The van der Waals surface area contributed by atoms with Crippen molar-refractivity contribution in [1.29, 1.82) is 0 Å². The van der Waals surface area contributed by atoms with Crippen LogP contribution in [0.25, 0.3) is 0 Å². The number of hydrogen-bond acceptors (Lipinski definition) is 3. The summed E-state index contributed by atoms with van der Waals surface area (Å²) in [5.41, 5.74) is 2.18. The Balaban J connectivity index is 1.69. The van der Waals surface area contributed by atoms with Crippen molar-refractivity contribution in [2.45, 2.75) is 39.2 Å². The molecule has 0 spiro atoms. The van der Waals surface area contributed by atoms with E-state index in [-0.39, 0.29) is 12.5 Å². The summed E-state index contributed by atoms with van der Waals surface area (Å²) >= 11 is 0. The third-order valence-corrected chi connectivity index (χ3v) is 6.68. The van der Waals surface area contributed by atoms with Gasteiger partial charge in [0.25, 0.3) is 5.91 Å². The van der Waals surface area contributed by atoms with E-state index in [4.69, 9.17) is 0 Å².